The molecule has 23 heavy (non-hydrogen) atoms. The highest BCUT2D eigenvalue weighted by Gasteiger charge is 2.32. The van der Waals surface area contributed by atoms with Crippen molar-refractivity contribution in [2.45, 2.75) is 18.9 Å². The molecule has 118 valence electrons. The number of halogens is 2. The van der Waals surface area contributed by atoms with Gasteiger partial charge in [-0.2, -0.15) is 5.26 Å². The van der Waals surface area contributed by atoms with Gasteiger partial charge in [0.1, 0.15) is 17.4 Å². The first-order chi connectivity index (χ1) is 10.9. The van der Waals surface area contributed by atoms with Gasteiger partial charge in [-0.25, -0.2) is 4.39 Å². The molecule has 0 spiro atoms. The standard InChI is InChI=1S/C17H15BrFN3O/c1-17(16(21)23,9-11-5-3-2-4-6-11)22-15-8-13(18)12(10-20)7-14(15)19/h2-8,22H,9H2,1H3,(H2,21,23)/t17-/m1/s1. The number of rotatable bonds is 5. The minimum absolute atomic E-state index is 0.105. The van der Waals surface area contributed by atoms with Gasteiger partial charge < -0.3 is 11.1 Å². The first-order valence-corrected chi connectivity index (χ1v) is 7.66. The third kappa shape index (κ3) is 3.88. The molecule has 4 nitrogen and oxygen atoms in total. The van der Waals surface area contributed by atoms with Crippen LogP contribution in [0.4, 0.5) is 10.1 Å². The smallest absolute Gasteiger partial charge is 0.243 e. The summed E-state index contributed by atoms with van der Waals surface area (Å²) in [6.45, 7) is 1.62. The minimum Gasteiger partial charge on any atom is -0.369 e. The maximum absolute atomic E-state index is 14.2. The van der Waals surface area contributed by atoms with Crippen LogP contribution in [0.3, 0.4) is 0 Å². The Morgan fingerprint density at radius 2 is 2.04 bits per heavy atom. The maximum Gasteiger partial charge on any atom is 0.243 e. The van der Waals surface area contributed by atoms with Gasteiger partial charge in [0.2, 0.25) is 5.91 Å². The van der Waals surface area contributed by atoms with Crippen molar-refractivity contribution in [1.29, 1.82) is 5.26 Å². The second kappa shape index (κ2) is 6.80. The number of hydrogen-bond donors (Lipinski definition) is 2. The number of nitriles is 1. The van der Waals surface area contributed by atoms with Crippen LogP contribution >= 0.6 is 15.9 Å². The summed E-state index contributed by atoms with van der Waals surface area (Å²) >= 11 is 3.21. The second-order valence-electron chi connectivity index (χ2n) is 5.41. The summed E-state index contributed by atoms with van der Waals surface area (Å²) in [5.74, 6) is -1.22. The topological polar surface area (TPSA) is 78.9 Å². The average Bonchev–Trinajstić information content (AvgIpc) is 2.51. The van der Waals surface area contributed by atoms with Gasteiger partial charge in [0.15, 0.2) is 0 Å². The summed E-state index contributed by atoms with van der Waals surface area (Å²) in [6, 6.07) is 13.7. The van der Waals surface area contributed by atoms with Crippen molar-refractivity contribution in [3.8, 4) is 6.07 Å². The number of carbonyl (C=O) groups excluding carboxylic acids is 1. The molecule has 0 aliphatic carbocycles. The van der Waals surface area contributed by atoms with Crippen LogP contribution in [0.2, 0.25) is 0 Å². The lowest BCUT2D eigenvalue weighted by Crippen LogP contribution is -2.49. The average molecular weight is 376 g/mol. The molecular formula is C17H15BrFN3O. The monoisotopic (exact) mass is 375 g/mol. The molecule has 6 heteroatoms. The number of carbonyl (C=O) groups is 1. The Bertz CT molecular complexity index is 773. The molecule has 0 radical (unpaired) electrons. The van der Waals surface area contributed by atoms with E-state index in [0.29, 0.717) is 10.9 Å². The number of nitrogens with two attached hydrogens (primary N) is 1. The molecule has 2 aromatic rings. The number of nitrogens with one attached hydrogen (secondary N) is 1. The molecule has 0 aromatic heterocycles. The molecule has 0 fully saturated rings. The first kappa shape index (κ1) is 17.0. The summed E-state index contributed by atoms with van der Waals surface area (Å²) in [4.78, 5) is 11.9. The fourth-order valence-electron chi connectivity index (χ4n) is 2.22. The normalized spacial score (nSPS) is 13.0. The molecule has 1 amide bonds. The van der Waals surface area contributed by atoms with Crippen LogP contribution in [0.25, 0.3) is 0 Å². The van der Waals surface area contributed by atoms with E-state index < -0.39 is 17.3 Å². The van der Waals surface area contributed by atoms with Gasteiger partial charge >= 0.3 is 0 Å². The van der Waals surface area contributed by atoms with Gasteiger partial charge in [0.05, 0.1) is 11.3 Å². The molecule has 0 aliphatic rings. The summed E-state index contributed by atoms with van der Waals surface area (Å²) < 4.78 is 14.6. The quantitative estimate of drug-likeness (QED) is 0.840. The highest BCUT2D eigenvalue weighted by Crippen LogP contribution is 2.28. The van der Waals surface area contributed by atoms with Gasteiger partial charge in [-0.05, 0) is 40.5 Å². The molecule has 2 rings (SSSR count). The SMILES string of the molecule is C[C@](Cc1ccccc1)(Nc1cc(Br)c(C#N)cc1F)C(N)=O. The molecular weight excluding hydrogens is 361 g/mol. The number of nitrogens with zero attached hydrogens (tertiary/aromatic N) is 1. The number of anilines is 1. The zero-order valence-corrected chi connectivity index (χ0v) is 14.0. The van der Waals surface area contributed by atoms with Crippen molar-refractivity contribution in [3.63, 3.8) is 0 Å². The molecule has 0 unspecified atom stereocenters. The molecule has 2 aromatic carbocycles. The zero-order valence-electron chi connectivity index (χ0n) is 12.4. The van der Waals surface area contributed by atoms with E-state index in [2.05, 4.69) is 21.2 Å². The summed E-state index contributed by atoms with van der Waals surface area (Å²) in [6.07, 6.45) is 0.306. The third-order valence-electron chi connectivity index (χ3n) is 3.53. The first-order valence-electron chi connectivity index (χ1n) is 6.87. The largest absolute Gasteiger partial charge is 0.369 e. The van der Waals surface area contributed by atoms with E-state index in [4.69, 9.17) is 11.0 Å². The van der Waals surface area contributed by atoms with Gasteiger partial charge in [-0.3, -0.25) is 4.79 Å². The molecule has 0 aliphatic heterocycles. The second-order valence-corrected chi connectivity index (χ2v) is 6.26. The van der Waals surface area contributed by atoms with Crippen LogP contribution < -0.4 is 11.1 Å². The van der Waals surface area contributed by atoms with Crippen LogP contribution in [0.15, 0.2) is 46.9 Å². The number of benzene rings is 2. The maximum atomic E-state index is 14.2. The Morgan fingerprint density at radius 1 is 1.39 bits per heavy atom. The van der Waals surface area contributed by atoms with Crippen molar-refractivity contribution in [3.05, 3.63) is 63.9 Å². The van der Waals surface area contributed by atoms with Crippen molar-refractivity contribution in [2.24, 2.45) is 5.73 Å². The Labute approximate surface area is 142 Å². The van der Waals surface area contributed by atoms with E-state index in [0.717, 1.165) is 11.6 Å². The summed E-state index contributed by atoms with van der Waals surface area (Å²) in [5, 5.41) is 11.8. The van der Waals surface area contributed by atoms with Gasteiger partial charge in [-0.15, -0.1) is 0 Å². The van der Waals surface area contributed by atoms with E-state index >= 15 is 0 Å². The van der Waals surface area contributed by atoms with Gasteiger partial charge in [0.25, 0.3) is 0 Å². The third-order valence-corrected chi connectivity index (χ3v) is 4.19. The van der Waals surface area contributed by atoms with E-state index in [1.54, 1.807) is 6.92 Å². The Balaban J connectivity index is 2.35. The van der Waals surface area contributed by atoms with Gasteiger partial charge in [-0.1, -0.05) is 30.3 Å². The zero-order chi connectivity index (χ0) is 17.0. The van der Waals surface area contributed by atoms with Crippen LogP contribution in [0, 0.1) is 17.1 Å². The molecule has 3 N–H and O–H groups in total. The van der Waals surface area contributed by atoms with Crippen LogP contribution in [0.5, 0.6) is 0 Å². The van der Waals surface area contributed by atoms with E-state index in [9.17, 15) is 9.18 Å². The highest BCUT2D eigenvalue weighted by molar-refractivity contribution is 9.10. The number of amides is 1. The van der Waals surface area contributed by atoms with Crippen molar-refractivity contribution >= 4 is 27.5 Å². The van der Waals surface area contributed by atoms with Crippen LogP contribution in [0.1, 0.15) is 18.1 Å². The van der Waals surface area contributed by atoms with Crippen molar-refractivity contribution in [2.75, 3.05) is 5.32 Å². The van der Waals surface area contributed by atoms with E-state index in [-0.39, 0.29) is 11.3 Å². The lowest BCUT2D eigenvalue weighted by Gasteiger charge is -2.29. The van der Waals surface area contributed by atoms with Crippen LogP contribution in [-0.2, 0) is 11.2 Å². The number of primary amides is 1. The Hall–Kier alpha value is -2.39. The summed E-state index contributed by atoms with van der Waals surface area (Å²) in [7, 11) is 0. The fraction of sp³-hybridized carbons (Fsp3) is 0.176. The molecule has 0 bridgehead atoms. The van der Waals surface area contributed by atoms with Gasteiger partial charge in [0, 0.05) is 10.9 Å². The fourth-order valence-corrected chi connectivity index (χ4v) is 2.65. The van der Waals surface area contributed by atoms with E-state index in [1.807, 2.05) is 36.4 Å². The van der Waals surface area contributed by atoms with Crippen molar-refractivity contribution < 1.29 is 9.18 Å². The number of hydrogen-bond acceptors (Lipinski definition) is 3. The minimum atomic E-state index is -1.17. The Morgan fingerprint density at radius 3 is 2.61 bits per heavy atom. The Kier molecular flexibility index (Phi) is 5.02. The lowest BCUT2D eigenvalue weighted by atomic mass is 9.91. The molecule has 0 saturated heterocycles. The molecule has 0 heterocycles. The highest BCUT2D eigenvalue weighted by atomic mass is 79.9. The van der Waals surface area contributed by atoms with Crippen molar-refractivity contribution in [1.82, 2.24) is 0 Å². The van der Waals surface area contributed by atoms with Crippen LogP contribution in [-0.4, -0.2) is 11.4 Å². The molecule has 0 saturated carbocycles. The molecule has 1 atom stereocenters. The van der Waals surface area contributed by atoms with E-state index in [1.165, 1.54) is 6.07 Å². The predicted molar refractivity (Wildman–Crippen MR) is 90.2 cm³/mol. The summed E-state index contributed by atoms with van der Waals surface area (Å²) in [5.41, 5.74) is 5.53. The lowest BCUT2D eigenvalue weighted by molar-refractivity contribution is -0.121. The predicted octanol–water partition coefficient (Wildman–Crippen LogP) is 3.36.